The quantitative estimate of drug-likeness (QED) is 0.655. The Balaban J connectivity index is 2.24. The van der Waals surface area contributed by atoms with Crippen LogP contribution in [0.1, 0.15) is 44.2 Å². The average molecular weight is 276 g/mol. The second-order valence-electron chi connectivity index (χ2n) is 6.36. The normalized spacial score (nSPS) is 26.3. The van der Waals surface area contributed by atoms with E-state index < -0.39 is 0 Å². The Hall–Kier alpha value is -1.58. The third kappa shape index (κ3) is 3.11. The first-order valence-corrected chi connectivity index (χ1v) is 7.40. The van der Waals surface area contributed by atoms with Gasteiger partial charge in [0.05, 0.1) is 4.92 Å². The Labute approximate surface area is 120 Å². The minimum Gasteiger partial charge on any atom is -0.382 e. The van der Waals surface area contributed by atoms with Crippen molar-refractivity contribution in [2.75, 3.05) is 5.32 Å². The number of hydrogen-bond acceptors (Lipinski definition) is 3. The summed E-state index contributed by atoms with van der Waals surface area (Å²) < 4.78 is 0. The lowest BCUT2D eigenvalue weighted by atomic mass is 9.80. The summed E-state index contributed by atoms with van der Waals surface area (Å²) in [6, 6.07) is 4.01. The minimum absolute atomic E-state index is 0.203. The first-order valence-electron chi connectivity index (χ1n) is 7.40. The number of rotatable bonds is 3. The Kier molecular flexibility index (Phi) is 4.31. The van der Waals surface area contributed by atoms with Gasteiger partial charge in [0.25, 0.3) is 5.69 Å². The van der Waals surface area contributed by atoms with E-state index in [1.165, 1.54) is 12.8 Å². The van der Waals surface area contributed by atoms with Crippen LogP contribution in [0.15, 0.2) is 12.1 Å². The molecule has 4 heteroatoms. The standard InChI is InChI=1S/C16H24N2O2/c1-10-5-6-11(2)14(7-10)17-15-9-16(18(19)20)13(4)8-12(15)3/h8-11,14,17H,5-7H2,1-4H3. The molecule has 20 heavy (non-hydrogen) atoms. The first-order chi connectivity index (χ1) is 9.38. The number of anilines is 1. The van der Waals surface area contributed by atoms with Gasteiger partial charge in [-0.2, -0.15) is 0 Å². The van der Waals surface area contributed by atoms with Crippen LogP contribution in [0.3, 0.4) is 0 Å². The summed E-state index contributed by atoms with van der Waals surface area (Å²) in [6.45, 7) is 8.35. The first kappa shape index (κ1) is 14.8. The van der Waals surface area contributed by atoms with Crippen LogP contribution in [0, 0.1) is 35.8 Å². The maximum atomic E-state index is 11.1. The maximum absolute atomic E-state index is 11.1. The van der Waals surface area contributed by atoms with Gasteiger partial charge in [-0.15, -0.1) is 0 Å². The van der Waals surface area contributed by atoms with Crippen LogP contribution in [0.2, 0.25) is 0 Å². The predicted octanol–water partition coefficient (Wildman–Crippen LogP) is 4.45. The van der Waals surface area contributed by atoms with Crippen LogP contribution >= 0.6 is 0 Å². The number of nitrogens with one attached hydrogen (secondary N) is 1. The smallest absolute Gasteiger partial charge is 0.274 e. The van der Waals surface area contributed by atoms with Crippen molar-refractivity contribution in [1.82, 2.24) is 0 Å². The van der Waals surface area contributed by atoms with Crippen LogP contribution in [-0.4, -0.2) is 11.0 Å². The number of benzene rings is 1. The Morgan fingerprint density at radius 1 is 1.20 bits per heavy atom. The zero-order chi connectivity index (χ0) is 14.9. The highest BCUT2D eigenvalue weighted by Crippen LogP contribution is 2.33. The second-order valence-corrected chi connectivity index (χ2v) is 6.36. The fourth-order valence-electron chi connectivity index (χ4n) is 3.13. The molecule has 1 fully saturated rings. The number of hydrogen-bond donors (Lipinski definition) is 1. The lowest BCUT2D eigenvalue weighted by Gasteiger charge is -2.34. The molecule has 1 aliphatic rings. The highest BCUT2D eigenvalue weighted by Gasteiger charge is 2.26. The van der Waals surface area contributed by atoms with Crippen LogP contribution < -0.4 is 5.32 Å². The van der Waals surface area contributed by atoms with Crippen LogP contribution in [0.4, 0.5) is 11.4 Å². The van der Waals surface area contributed by atoms with Crippen molar-refractivity contribution < 1.29 is 4.92 Å². The van der Waals surface area contributed by atoms with E-state index in [-0.39, 0.29) is 10.6 Å². The molecule has 0 aliphatic heterocycles. The molecule has 0 radical (unpaired) electrons. The van der Waals surface area contributed by atoms with Gasteiger partial charge in [0.15, 0.2) is 0 Å². The molecule has 0 heterocycles. The largest absolute Gasteiger partial charge is 0.382 e. The van der Waals surface area contributed by atoms with Gasteiger partial charge in [0.1, 0.15) is 0 Å². The van der Waals surface area contributed by atoms with E-state index in [4.69, 9.17) is 0 Å². The summed E-state index contributed by atoms with van der Waals surface area (Å²) in [7, 11) is 0. The molecule has 0 spiro atoms. The molecule has 1 saturated carbocycles. The number of aryl methyl sites for hydroxylation is 2. The highest BCUT2D eigenvalue weighted by molar-refractivity contribution is 5.60. The monoisotopic (exact) mass is 276 g/mol. The molecule has 3 unspecified atom stereocenters. The average Bonchev–Trinajstić information content (AvgIpc) is 2.36. The van der Waals surface area contributed by atoms with Gasteiger partial charge in [-0.3, -0.25) is 10.1 Å². The van der Waals surface area contributed by atoms with E-state index in [9.17, 15) is 10.1 Å². The molecule has 4 nitrogen and oxygen atoms in total. The second kappa shape index (κ2) is 5.81. The minimum atomic E-state index is -0.299. The summed E-state index contributed by atoms with van der Waals surface area (Å²) in [5.41, 5.74) is 2.92. The van der Waals surface area contributed by atoms with Gasteiger partial charge in [-0.1, -0.05) is 20.3 Å². The Morgan fingerprint density at radius 2 is 1.90 bits per heavy atom. The summed E-state index contributed by atoms with van der Waals surface area (Å²) >= 11 is 0. The van der Waals surface area contributed by atoms with E-state index >= 15 is 0 Å². The zero-order valence-corrected chi connectivity index (χ0v) is 12.8. The number of nitro benzene ring substituents is 1. The van der Waals surface area contributed by atoms with E-state index in [1.807, 2.05) is 13.0 Å². The van der Waals surface area contributed by atoms with Crippen molar-refractivity contribution in [2.45, 2.75) is 53.0 Å². The Morgan fingerprint density at radius 3 is 2.55 bits per heavy atom. The number of nitrogens with zero attached hydrogens (tertiary/aromatic N) is 1. The zero-order valence-electron chi connectivity index (χ0n) is 12.8. The third-order valence-corrected chi connectivity index (χ3v) is 4.54. The topological polar surface area (TPSA) is 55.2 Å². The van der Waals surface area contributed by atoms with Crippen molar-refractivity contribution in [1.29, 1.82) is 0 Å². The van der Waals surface area contributed by atoms with Crippen molar-refractivity contribution in [3.05, 3.63) is 33.4 Å². The van der Waals surface area contributed by atoms with Crippen LogP contribution in [0.5, 0.6) is 0 Å². The molecule has 1 N–H and O–H groups in total. The van der Waals surface area contributed by atoms with Gasteiger partial charge in [-0.05, 0) is 50.2 Å². The molecule has 3 atom stereocenters. The van der Waals surface area contributed by atoms with Crippen molar-refractivity contribution in [3.63, 3.8) is 0 Å². The van der Waals surface area contributed by atoms with Gasteiger partial charge in [0, 0.05) is 23.4 Å². The summed E-state index contributed by atoms with van der Waals surface area (Å²) in [4.78, 5) is 10.8. The SMILES string of the molecule is Cc1cc(C)c([N+](=O)[O-])cc1NC1CC(C)CCC1C. The fraction of sp³-hybridized carbons (Fsp3) is 0.625. The lowest BCUT2D eigenvalue weighted by molar-refractivity contribution is -0.385. The predicted molar refractivity (Wildman–Crippen MR) is 82.2 cm³/mol. The van der Waals surface area contributed by atoms with E-state index in [2.05, 4.69) is 19.2 Å². The molecule has 110 valence electrons. The molecule has 1 aliphatic carbocycles. The van der Waals surface area contributed by atoms with Crippen molar-refractivity contribution in [2.24, 2.45) is 11.8 Å². The summed E-state index contributed by atoms with van der Waals surface area (Å²) in [6.07, 6.45) is 3.65. The maximum Gasteiger partial charge on any atom is 0.274 e. The van der Waals surface area contributed by atoms with E-state index in [0.29, 0.717) is 12.0 Å². The molecule has 0 saturated heterocycles. The molecule has 1 aromatic rings. The Bertz CT molecular complexity index is 513. The van der Waals surface area contributed by atoms with Gasteiger partial charge < -0.3 is 5.32 Å². The van der Waals surface area contributed by atoms with Gasteiger partial charge in [-0.25, -0.2) is 0 Å². The highest BCUT2D eigenvalue weighted by atomic mass is 16.6. The molecule has 0 amide bonds. The third-order valence-electron chi connectivity index (χ3n) is 4.54. The molecular formula is C16H24N2O2. The van der Waals surface area contributed by atoms with E-state index in [1.54, 1.807) is 13.0 Å². The molecule has 2 rings (SSSR count). The van der Waals surface area contributed by atoms with Crippen molar-refractivity contribution >= 4 is 11.4 Å². The number of nitro groups is 1. The van der Waals surface area contributed by atoms with E-state index in [0.717, 1.165) is 29.2 Å². The van der Waals surface area contributed by atoms with Crippen molar-refractivity contribution in [3.8, 4) is 0 Å². The summed E-state index contributed by atoms with van der Waals surface area (Å²) in [5, 5.41) is 14.6. The molecule has 0 aromatic heterocycles. The molecular weight excluding hydrogens is 252 g/mol. The lowest BCUT2D eigenvalue weighted by Crippen LogP contribution is -2.33. The van der Waals surface area contributed by atoms with Crippen LogP contribution in [-0.2, 0) is 0 Å². The summed E-state index contributed by atoms with van der Waals surface area (Å²) in [5.74, 6) is 1.34. The fourth-order valence-corrected chi connectivity index (χ4v) is 3.13. The van der Waals surface area contributed by atoms with Gasteiger partial charge >= 0.3 is 0 Å². The van der Waals surface area contributed by atoms with Gasteiger partial charge in [0.2, 0.25) is 0 Å². The van der Waals surface area contributed by atoms with Crippen LogP contribution in [0.25, 0.3) is 0 Å². The molecule has 1 aromatic carbocycles. The molecule has 0 bridgehead atoms.